The van der Waals surface area contributed by atoms with Crippen LogP contribution in [0.4, 0.5) is 0 Å². The minimum Gasteiger partial charge on any atom is -0.462 e. The highest BCUT2D eigenvalue weighted by Crippen LogP contribution is 2.15. The van der Waals surface area contributed by atoms with Gasteiger partial charge in [-0.25, -0.2) is 0 Å². The second-order valence-electron chi connectivity index (χ2n) is 17.4. The first kappa shape index (κ1) is 57.6. The van der Waals surface area contributed by atoms with Crippen LogP contribution in [0.25, 0.3) is 0 Å². The lowest BCUT2D eigenvalue weighted by Gasteiger charge is -2.18. The average molecular weight is 843 g/mol. The molecule has 0 bridgehead atoms. The van der Waals surface area contributed by atoms with E-state index in [0.29, 0.717) is 25.7 Å². The second kappa shape index (κ2) is 49.3. The lowest BCUT2D eigenvalue weighted by Crippen LogP contribution is -2.30. The van der Waals surface area contributed by atoms with Gasteiger partial charge in [-0.1, -0.05) is 237 Å². The van der Waals surface area contributed by atoms with Crippen LogP contribution in [0.15, 0.2) is 36.5 Å². The molecular formula is C54H98O6. The number of hydrogen-bond donors (Lipinski definition) is 0. The molecule has 0 spiro atoms. The summed E-state index contributed by atoms with van der Waals surface area (Å²) in [5, 5.41) is 0. The van der Waals surface area contributed by atoms with Crippen molar-refractivity contribution in [3.05, 3.63) is 36.5 Å². The summed E-state index contributed by atoms with van der Waals surface area (Å²) >= 11 is 0. The summed E-state index contributed by atoms with van der Waals surface area (Å²) in [6.07, 6.45) is 57.0. The van der Waals surface area contributed by atoms with Gasteiger partial charge in [-0.15, -0.1) is 0 Å². The number of esters is 3. The molecule has 0 amide bonds. The van der Waals surface area contributed by atoms with E-state index in [1.54, 1.807) is 0 Å². The van der Waals surface area contributed by atoms with Crippen molar-refractivity contribution in [2.75, 3.05) is 13.2 Å². The number of ether oxygens (including phenoxy) is 3. The van der Waals surface area contributed by atoms with Gasteiger partial charge in [0.1, 0.15) is 13.2 Å². The Bertz CT molecular complexity index is 1020. The summed E-state index contributed by atoms with van der Waals surface area (Å²) < 4.78 is 16.7. The normalized spacial score (nSPS) is 12.2. The van der Waals surface area contributed by atoms with Crippen LogP contribution in [0.5, 0.6) is 0 Å². The maximum absolute atomic E-state index is 12.8. The van der Waals surface area contributed by atoms with Gasteiger partial charge in [0.05, 0.1) is 0 Å². The Hall–Kier alpha value is -2.37. The van der Waals surface area contributed by atoms with Crippen molar-refractivity contribution in [2.45, 2.75) is 277 Å². The molecule has 6 nitrogen and oxygen atoms in total. The first-order valence-corrected chi connectivity index (χ1v) is 26.0. The van der Waals surface area contributed by atoms with Gasteiger partial charge in [0.25, 0.3) is 0 Å². The van der Waals surface area contributed by atoms with Crippen LogP contribution < -0.4 is 0 Å². The molecule has 0 aromatic rings. The first-order valence-electron chi connectivity index (χ1n) is 26.0. The highest BCUT2D eigenvalue weighted by atomic mass is 16.6. The summed E-state index contributed by atoms with van der Waals surface area (Å²) in [7, 11) is 0. The molecule has 6 heteroatoms. The van der Waals surface area contributed by atoms with E-state index >= 15 is 0 Å². The Balaban J connectivity index is 4.41. The van der Waals surface area contributed by atoms with Crippen molar-refractivity contribution in [3.8, 4) is 0 Å². The highest BCUT2D eigenvalue weighted by Gasteiger charge is 2.19. The molecule has 0 rings (SSSR count). The number of allylic oxidation sites excluding steroid dienone is 6. The molecule has 0 aliphatic carbocycles. The third-order valence-corrected chi connectivity index (χ3v) is 11.4. The van der Waals surface area contributed by atoms with Crippen molar-refractivity contribution in [1.82, 2.24) is 0 Å². The third-order valence-electron chi connectivity index (χ3n) is 11.4. The molecule has 0 saturated heterocycles. The van der Waals surface area contributed by atoms with Crippen LogP contribution in [-0.4, -0.2) is 37.2 Å². The zero-order valence-electron chi connectivity index (χ0n) is 40.0. The molecule has 0 heterocycles. The largest absolute Gasteiger partial charge is 0.462 e. The maximum atomic E-state index is 12.8. The lowest BCUT2D eigenvalue weighted by atomic mass is 10.0. The van der Waals surface area contributed by atoms with E-state index in [0.717, 1.165) is 57.8 Å². The molecular weight excluding hydrogens is 745 g/mol. The van der Waals surface area contributed by atoms with Gasteiger partial charge in [0.15, 0.2) is 6.10 Å². The van der Waals surface area contributed by atoms with Crippen LogP contribution >= 0.6 is 0 Å². The number of hydrogen-bond acceptors (Lipinski definition) is 6. The molecule has 0 aliphatic rings. The highest BCUT2D eigenvalue weighted by molar-refractivity contribution is 5.71. The molecule has 1 atom stereocenters. The second-order valence-corrected chi connectivity index (χ2v) is 17.4. The molecule has 0 radical (unpaired) electrons. The summed E-state index contributed by atoms with van der Waals surface area (Å²) in [5.41, 5.74) is 0. The Kier molecular flexibility index (Phi) is 47.3. The maximum Gasteiger partial charge on any atom is 0.306 e. The SMILES string of the molecule is CCCCCCCC/C=C\C/C=C\C/C=C\CCCC(=O)OCC(COC(=O)CCCCCCCCCCCCC)OC(=O)CCCCCCCCCCCCCCCC. The van der Waals surface area contributed by atoms with Crippen molar-refractivity contribution in [3.63, 3.8) is 0 Å². The molecule has 0 saturated carbocycles. The molecule has 0 fully saturated rings. The number of rotatable bonds is 47. The molecule has 0 aromatic carbocycles. The smallest absolute Gasteiger partial charge is 0.306 e. The summed E-state index contributed by atoms with van der Waals surface area (Å²) in [6.45, 7) is 6.60. The predicted octanol–water partition coefficient (Wildman–Crippen LogP) is 16.9. The zero-order chi connectivity index (χ0) is 43.7. The van der Waals surface area contributed by atoms with Crippen LogP contribution in [0.2, 0.25) is 0 Å². The topological polar surface area (TPSA) is 78.9 Å². The van der Waals surface area contributed by atoms with Crippen molar-refractivity contribution in [1.29, 1.82) is 0 Å². The van der Waals surface area contributed by atoms with Crippen LogP contribution in [0.1, 0.15) is 271 Å². The van der Waals surface area contributed by atoms with E-state index in [1.807, 2.05) is 0 Å². The lowest BCUT2D eigenvalue weighted by molar-refractivity contribution is -0.167. The number of carbonyl (C=O) groups excluding carboxylic acids is 3. The molecule has 0 aromatic heterocycles. The van der Waals surface area contributed by atoms with Crippen molar-refractivity contribution < 1.29 is 28.6 Å². The number of carbonyl (C=O) groups is 3. The Morgan fingerprint density at radius 1 is 0.333 bits per heavy atom. The van der Waals surface area contributed by atoms with Crippen LogP contribution in [0.3, 0.4) is 0 Å². The van der Waals surface area contributed by atoms with Gasteiger partial charge >= 0.3 is 17.9 Å². The standard InChI is InChI=1S/C54H98O6/c1-4-7-10-13-16-19-22-24-26-27-28-30-32-35-38-41-44-47-53(56)59-50-51(49-58-52(55)46-43-40-37-34-31-21-18-15-12-9-6-3)60-54(57)48-45-42-39-36-33-29-25-23-20-17-14-11-8-5-2/h24,26,28,30,35,38,51H,4-23,25,27,29,31-34,36-37,39-50H2,1-3H3/b26-24-,30-28-,38-35-. The molecule has 1 unspecified atom stereocenters. The summed E-state index contributed by atoms with van der Waals surface area (Å²) in [5.74, 6) is -0.928. The van der Waals surface area contributed by atoms with Gasteiger partial charge in [-0.2, -0.15) is 0 Å². The van der Waals surface area contributed by atoms with Gasteiger partial charge in [-0.05, 0) is 51.4 Å². The minimum atomic E-state index is -0.786. The fraction of sp³-hybridized carbons (Fsp3) is 0.833. The predicted molar refractivity (Wildman–Crippen MR) is 256 cm³/mol. The van der Waals surface area contributed by atoms with E-state index in [1.165, 1.54) is 167 Å². The number of unbranched alkanes of at least 4 members (excludes halogenated alkanes) is 30. The zero-order valence-corrected chi connectivity index (χ0v) is 40.0. The fourth-order valence-corrected chi connectivity index (χ4v) is 7.46. The Morgan fingerprint density at radius 2 is 0.617 bits per heavy atom. The Morgan fingerprint density at radius 3 is 1.00 bits per heavy atom. The van der Waals surface area contributed by atoms with E-state index in [4.69, 9.17) is 14.2 Å². The van der Waals surface area contributed by atoms with Gasteiger partial charge in [0.2, 0.25) is 0 Å². The quantitative estimate of drug-likeness (QED) is 0.0263. The summed E-state index contributed by atoms with van der Waals surface area (Å²) in [4.78, 5) is 37.9. The third kappa shape index (κ3) is 46.7. The van der Waals surface area contributed by atoms with Crippen molar-refractivity contribution >= 4 is 17.9 Å². The van der Waals surface area contributed by atoms with Gasteiger partial charge < -0.3 is 14.2 Å². The van der Waals surface area contributed by atoms with E-state index in [2.05, 4.69) is 57.2 Å². The van der Waals surface area contributed by atoms with E-state index in [-0.39, 0.29) is 31.1 Å². The monoisotopic (exact) mass is 843 g/mol. The first-order chi connectivity index (χ1) is 29.5. The molecule has 0 N–H and O–H groups in total. The van der Waals surface area contributed by atoms with Crippen LogP contribution in [-0.2, 0) is 28.6 Å². The summed E-state index contributed by atoms with van der Waals surface area (Å²) in [6, 6.07) is 0. The average Bonchev–Trinajstić information content (AvgIpc) is 3.24. The van der Waals surface area contributed by atoms with Crippen LogP contribution in [0, 0.1) is 0 Å². The van der Waals surface area contributed by atoms with E-state index in [9.17, 15) is 14.4 Å². The Labute approximate surface area is 372 Å². The minimum absolute atomic E-state index is 0.0835. The van der Waals surface area contributed by atoms with Gasteiger partial charge in [0, 0.05) is 19.3 Å². The molecule has 0 aliphatic heterocycles. The molecule has 350 valence electrons. The van der Waals surface area contributed by atoms with Gasteiger partial charge in [-0.3, -0.25) is 14.4 Å². The van der Waals surface area contributed by atoms with Crippen molar-refractivity contribution in [2.24, 2.45) is 0 Å². The van der Waals surface area contributed by atoms with E-state index < -0.39 is 6.10 Å². The fourth-order valence-electron chi connectivity index (χ4n) is 7.46. The molecule has 60 heavy (non-hydrogen) atoms.